The van der Waals surface area contributed by atoms with E-state index in [4.69, 9.17) is 21.1 Å². The Bertz CT molecular complexity index is 1060. The number of anilines is 3. The average Bonchev–Trinajstić information content (AvgIpc) is 3.14. The van der Waals surface area contributed by atoms with Crippen LogP contribution in [0.3, 0.4) is 0 Å². The fraction of sp³-hybridized carbons (Fsp3) is 0.150. The fourth-order valence-corrected chi connectivity index (χ4v) is 3.43. The second-order valence-electron chi connectivity index (χ2n) is 6.02. The number of amides is 3. The summed E-state index contributed by atoms with van der Waals surface area (Å²) in [6, 6.07) is 11.4. The first-order valence-electron chi connectivity index (χ1n) is 8.76. The Morgan fingerprint density at radius 2 is 1.90 bits per heavy atom. The molecule has 0 radical (unpaired) electrons. The summed E-state index contributed by atoms with van der Waals surface area (Å²) in [5, 5.41) is 10.7. The van der Waals surface area contributed by atoms with E-state index < -0.39 is 6.03 Å². The number of benzene rings is 2. The van der Waals surface area contributed by atoms with Gasteiger partial charge in [0.2, 0.25) is 5.91 Å². The predicted octanol–water partition coefficient (Wildman–Crippen LogP) is 4.64. The third-order valence-electron chi connectivity index (χ3n) is 3.88. The van der Waals surface area contributed by atoms with Crippen molar-refractivity contribution < 1.29 is 19.1 Å². The number of carbonyl (C=O) groups excluding carboxylic acids is 2. The molecule has 0 saturated carbocycles. The van der Waals surface area contributed by atoms with Crippen LogP contribution >= 0.6 is 22.9 Å². The van der Waals surface area contributed by atoms with E-state index in [0.29, 0.717) is 38.7 Å². The molecule has 3 amide bonds. The van der Waals surface area contributed by atoms with E-state index in [1.165, 1.54) is 18.4 Å². The molecule has 1 heterocycles. The van der Waals surface area contributed by atoms with Gasteiger partial charge in [-0.05, 0) is 30.3 Å². The van der Waals surface area contributed by atoms with Crippen LogP contribution in [0.1, 0.15) is 5.69 Å². The summed E-state index contributed by atoms with van der Waals surface area (Å²) < 4.78 is 10.4. The van der Waals surface area contributed by atoms with Gasteiger partial charge < -0.3 is 20.1 Å². The Balaban J connectivity index is 1.56. The third kappa shape index (κ3) is 5.85. The van der Waals surface area contributed by atoms with Gasteiger partial charge >= 0.3 is 6.03 Å². The van der Waals surface area contributed by atoms with Crippen molar-refractivity contribution in [3.05, 3.63) is 58.6 Å². The topological polar surface area (TPSA) is 102 Å². The highest BCUT2D eigenvalue weighted by Crippen LogP contribution is 2.29. The Hall–Kier alpha value is -3.30. The number of carbonyl (C=O) groups is 2. The summed E-state index contributed by atoms with van der Waals surface area (Å²) in [6.45, 7) is 0. The molecule has 0 aliphatic heterocycles. The molecule has 0 aliphatic carbocycles. The van der Waals surface area contributed by atoms with Gasteiger partial charge in [0.05, 0.1) is 32.0 Å². The first-order chi connectivity index (χ1) is 14.5. The lowest BCUT2D eigenvalue weighted by molar-refractivity contribution is -0.115. The van der Waals surface area contributed by atoms with Crippen molar-refractivity contribution in [2.75, 3.05) is 30.2 Å². The van der Waals surface area contributed by atoms with Crippen LogP contribution in [-0.2, 0) is 11.2 Å². The molecule has 0 bridgehead atoms. The maximum absolute atomic E-state index is 12.4. The molecule has 0 atom stereocenters. The number of nitrogens with zero attached hydrogens (tertiary/aromatic N) is 1. The minimum Gasteiger partial charge on any atom is -0.497 e. The molecule has 0 aliphatic rings. The van der Waals surface area contributed by atoms with Crippen molar-refractivity contribution in [3.63, 3.8) is 0 Å². The fourth-order valence-electron chi connectivity index (χ4n) is 2.53. The summed E-state index contributed by atoms with van der Waals surface area (Å²) in [7, 11) is 3.06. The number of aromatic nitrogens is 1. The zero-order chi connectivity index (χ0) is 21.5. The molecule has 30 heavy (non-hydrogen) atoms. The molecule has 0 spiro atoms. The van der Waals surface area contributed by atoms with Crippen molar-refractivity contribution in [3.8, 4) is 11.5 Å². The molecule has 8 nitrogen and oxygen atoms in total. The first-order valence-corrected chi connectivity index (χ1v) is 10.0. The molecule has 3 rings (SSSR count). The Kier molecular flexibility index (Phi) is 7.10. The third-order valence-corrected chi connectivity index (χ3v) is 4.92. The Morgan fingerprint density at radius 1 is 1.07 bits per heavy atom. The van der Waals surface area contributed by atoms with Gasteiger partial charge in [0.15, 0.2) is 5.13 Å². The van der Waals surface area contributed by atoms with E-state index in [-0.39, 0.29) is 12.3 Å². The predicted molar refractivity (Wildman–Crippen MR) is 118 cm³/mol. The van der Waals surface area contributed by atoms with Crippen LogP contribution in [-0.4, -0.2) is 31.1 Å². The Morgan fingerprint density at radius 3 is 2.63 bits per heavy atom. The number of urea groups is 1. The lowest BCUT2D eigenvalue weighted by Crippen LogP contribution is -2.19. The van der Waals surface area contributed by atoms with E-state index in [0.717, 1.165) is 0 Å². The molecule has 0 saturated heterocycles. The van der Waals surface area contributed by atoms with Gasteiger partial charge in [-0.2, -0.15) is 0 Å². The minimum absolute atomic E-state index is 0.0449. The molecule has 1 aromatic heterocycles. The quantitative estimate of drug-likeness (QED) is 0.490. The highest BCUT2D eigenvalue weighted by Gasteiger charge is 2.13. The second kappa shape index (κ2) is 9.95. The largest absolute Gasteiger partial charge is 0.497 e. The number of ether oxygens (including phenoxy) is 2. The molecule has 3 aromatic rings. The molecule has 0 fully saturated rings. The van der Waals surface area contributed by atoms with E-state index in [2.05, 4.69) is 20.9 Å². The van der Waals surface area contributed by atoms with E-state index in [1.807, 2.05) is 0 Å². The van der Waals surface area contributed by atoms with Gasteiger partial charge in [-0.1, -0.05) is 17.7 Å². The molecule has 3 N–H and O–H groups in total. The van der Waals surface area contributed by atoms with Crippen molar-refractivity contribution in [1.82, 2.24) is 4.98 Å². The minimum atomic E-state index is -0.453. The van der Waals surface area contributed by atoms with Crippen molar-refractivity contribution in [2.45, 2.75) is 6.42 Å². The maximum Gasteiger partial charge on any atom is 0.325 e. The van der Waals surface area contributed by atoms with Gasteiger partial charge in [-0.15, -0.1) is 11.3 Å². The van der Waals surface area contributed by atoms with Crippen LogP contribution in [0.2, 0.25) is 5.02 Å². The number of methoxy groups -OCH3 is 2. The number of rotatable bonds is 7. The van der Waals surface area contributed by atoms with Crippen LogP contribution in [0.15, 0.2) is 47.8 Å². The summed E-state index contributed by atoms with van der Waals surface area (Å²) in [5.41, 5.74) is 1.62. The van der Waals surface area contributed by atoms with Gasteiger partial charge in [0.1, 0.15) is 11.5 Å². The Labute approximate surface area is 182 Å². The van der Waals surface area contributed by atoms with Crippen molar-refractivity contribution >= 4 is 51.4 Å². The molecule has 2 aromatic carbocycles. The second-order valence-corrected chi connectivity index (χ2v) is 7.32. The molecular formula is C20H19ClN4O4S. The first kappa shape index (κ1) is 21.4. The standard InChI is InChI=1S/C20H19ClN4O4S/c1-28-15-6-7-16(17(10-15)29-2)24-18(26)9-14-11-30-20(23-14)25-19(27)22-13-5-3-4-12(21)8-13/h3-8,10-11H,9H2,1-2H3,(H,24,26)(H2,22,23,25,27). The smallest absolute Gasteiger partial charge is 0.325 e. The monoisotopic (exact) mass is 446 g/mol. The maximum atomic E-state index is 12.4. The number of hydrogen-bond donors (Lipinski definition) is 3. The normalized spacial score (nSPS) is 10.2. The average molecular weight is 447 g/mol. The number of halogens is 1. The van der Waals surface area contributed by atoms with Gasteiger partial charge in [-0.3, -0.25) is 10.1 Å². The van der Waals surface area contributed by atoms with E-state index in [9.17, 15) is 9.59 Å². The summed E-state index contributed by atoms with van der Waals surface area (Å²) >= 11 is 7.12. The number of nitrogens with one attached hydrogen (secondary N) is 3. The highest BCUT2D eigenvalue weighted by atomic mass is 35.5. The molecule has 156 valence electrons. The van der Waals surface area contributed by atoms with Crippen LogP contribution in [0, 0.1) is 0 Å². The summed E-state index contributed by atoms with van der Waals surface area (Å²) in [4.78, 5) is 28.7. The lowest BCUT2D eigenvalue weighted by Gasteiger charge is -2.11. The van der Waals surface area contributed by atoms with Crippen molar-refractivity contribution in [2.24, 2.45) is 0 Å². The van der Waals surface area contributed by atoms with Crippen LogP contribution in [0.25, 0.3) is 0 Å². The molecule has 0 unspecified atom stereocenters. The molecule has 10 heteroatoms. The van der Waals surface area contributed by atoms with Crippen LogP contribution < -0.4 is 25.4 Å². The zero-order valence-electron chi connectivity index (χ0n) is 16.2. The highest BCUT2D eigenvalue weighted by molar-refractivity contribution is 7.14. The van der Waals surface area contributed by atoms with E-state index >= 15 is 0 Å². The van der Waals surface area contributed by atoms with Gasteiger partial charge in [-0.25, -0.2) is 9.78 Å². The van der Waals surface area contributed by atoms with Crippen LogP contribution in [0.5, 0.6) is 11.5 Å². The van der Waals surface area contributed by atoms with E-state index in [1.54, 1.807) is 55.0 Å². The SMILES string of the molecule is COc1ccc(NC(=O)Cc2csc(NC(=O)Nc3cccc(Cl)c3)n2)c(OC)c1. The molecular weight excluding hydrogens is 428 g/mol. The van der Waals surface area contributed by atoms with Crippen molar-refractivity contribution in [1.29, 1.82) is 0 Å². The number of thiazole rings is 1. The number of hydrogen-bond acceptors (Lipinski definition) is 6. The zero-order valence-corrected chi connectivity index (χ0v) is 17.8. The van der Waals surface area contributed by atoms with Gasteiger partial charge in [0, 0.05) is 22.2 Å². The summed E-state index contributed by atoms with van der Waals surface area (Å²) in [5.74, 6) is 0.843. The summed E-state index contributed by atoms with van der Waals surface area (Å²) in [6.07, 6.45) is 0.0449. The van der Waals surface area contributed by atoms with Crippen LogP contribution in [0.4, 0.5) is 21.3 Å². The lowest BCUT2D eigenvalue weighted by atomic mass is 10.2. The van der Waals surface area contributed by atoms with Gasteiger partial charge in [0.25, 0.3) is 0 Å².